The van der Waals surface area contributed by atoms with Gasteiger partial charge in [-0.2, -0.15) is 5.26 Å². The summed E-state index contributed by atoms with van der Waals surface area (Å²) in [5, 5.41) is 9.26. The van der Waals surface area contributed by atoms with Crippen molar-refractivity contribution in [2.45, 2.75) is 13.5 Å². The molecule has 0 saturated heterocycles. The fourth-order valence-corrected chi connectivity index (χ4v) is 2.49. The molecule has 3 aromatic rings. The molecule has 3 rings (SSSR count). The van der Waals surface area contributed by atoms with Gasteiger partial charge in [0.05, 0.1) is 5.56 Å². The molecule has 0 radical (unpaired) electrons. The first-order chi connectivity index (χ1) is 11.7. The van der Waals surface area contributed by atoms with Crippen molar-refractivity contribution in [2.24, 2.45) is 0 Å². The standard InChI is InChI=1S/C21H16FNO/c1-15-7-10-19(20(22)11-15)17-8-9-18(13-23)21(12-17)24-14-16-5-3-2-4-6-16/h2-12H,14H2,1H3. The molecule has 0 fully saturated rings. The van der Waals surface area contributed by atoms with E-state index in [1.54, 1.807) is 24.3 Å². The normalized spacial score (nSPS) is 10.2. The number of aryl methyl sites for hydroxylation is 1. The number of halogens is 1. The lowest BCUT2D eigenvalue weighted by molar-refractivity contribution is 0.305. The van der Waals surface area contributed by atoms with Crippen LogP contribution >= 0.6 is 0 Å². The van der Waals surface area contributed by atoms with Gasteiger partial charge in [0.15, 0.2) is 0 Å². The van der Waals surface area contributed by atoms with E-state index in [-0.39, 0.29) is 5.82 Å². The molecule has 0 heterocycles. The molecule has 24 heavy (non-hydrogen) atoms. The molecule has 2 nitrogen and oxygen atoms in total. The van der Waals surface area contributed by atoms with Crippen molar-refractivity contribution >= 4 is 0 Å². The van der Waals surface area contributed by atoms with E-state index in [1.807, 2.05) is 43.3 Å². The van der Waals surface area contributed by atoms with Crippen molar-refractivity contribution in [2.75, 3.05) is 0 Å². The van der Waals surface area contributed by atoms with E-state index in [4.69, 9.17) is 4.74 Å². The summed E-state index contributed by atoms with van der Waals surface area (Å²) in [5.41, 5.74) is 3.49. The predicted octanol–water partition coefficient (Wildman–Crippen LogP) is 5.25. The molecule has 0 bridgehead atoms. The average molecular weight is 317 g/mol. The Balaban J connectivity index is 1.92. The third-order valence-electron chi connectivity index (χ3n) is 3.77. The van der Waals surface area contributed by atoms with Crippen LogP contribution in [0.2, 0.25) is 0 Å². The summed E-state index contributed by atoms with van der Waals surface area (Å²) in [6.45, 7) is 2.20. The Bertz CT molecular complexity index is 897. The summed E-state index contributed by atoms with van der Waals surface area (Å²) in [7, 11) is 0. The van der Waals surface area contributed by atoms with Crippen molar-refractivity contribution in [3.63, 3.8) is 0 Å². The van der Waals surface area contributed by atoms with Gasteiger partial charge in [-0.1, -0.05) is 48.5 Å². The van der Waals surface area contributed by atoms with Gasteiger partial charge in [-0.15, -0.1) is 0 Å². The summed E-state index contributed by atoms with van der Waals surface area (Å²) in [6, 6.07) is 22.0. The number of hydrogen-bond acceptors (Lipinski definition) is 2. The highest BCUT2D eigenvalue weighted by Crippen LogP contribution is 2.29. The van der Waals surface area contributed by atoms with E-state index in [1.165, 1.54) is 6.07 Å². The highest BCUT2D eigenvalue weighted by molar-refractivity contribution is 5.68. The molecule has 118 valence electrons. The van der Waals surface area contributed by atoms with Crippen LogP contribution in [0.4, 0.5) is 4.39 Å². The van der Waals surface area contributed by atoms with Crippen LogP contribution in [0.1, 0.15) is 16.7 Å². The average Bonchev–Trinajstić information content (AvgIpc) is 2.60. The number of rotatable bonds is 4. The summed E-state index contributed by atoms with van der Waals surface area (Å²) in [5.74, 6) is 0.174. The second kappa shape index (κ2) is 6.97. The molecule has 0 saturated carbocycles. The van der Waals surface area contributed by atoms with Gasteiger partial charge in [-0.3, -0.25) is 0 Å². The van der Waals surface area contributed by atoms with Crippen molar-refractivity contribution in [1.29, 1.82) is 5.26 Å². The molecule has 0 unspecified atom stereocenters. The van der Waals surface area contributed by atoms with Gasteiger partial charge in [0, 0.05) is 5.56 Å². The van der Waals surface area contributed by atoms with Crippen molar-refractivity contribution in [3.8, 4) is 22.9 Å². The SMILES string of the molecule is Cc1ccc(-c2ccc(C#N)c(OCc3ccccc3)c2)c(F)c1. The Labute approximate surface area is 140 Å². The Morgan fingerprint density at radius 3 is 2.50 bits per heavy atom. The molecule has 3 aromatic carbocycles. The van der Waals surface area contributed by atoms with Gasteiger partial charge in [0.2, 0.25) is 0 Å². The van der Waals surface area contributed by atoms with Crippen LogP contribution in [0.5, 0.6) is 5.75 Å². The molecule has 0 amide bonds. The lowest BCUT2D eigenvalue weighted by Crippen LogP contribution is -1.98. The zero-order valence-electron chi connectivity index (χ0n) is 13.3. The summed E-state index contributed by atoms with van der Waals surface area (Å²) >= 11 is 0. The fourth-order valence-electron chi connectivity index (χ4n) is 2.49. The number of nitrogens with zero attached hydrogens (tertiary/aromatic N) is 1. The van der Waals surface area contributed by atoms with Crippen LogP contribution in [0.25, 0.3) is 11.1 Å². The monoisotopic (exact) mass is 317 g/mol. The van der Waals surface area contributed by atoms with Crippen LogP contribution in [0.15, 0.2) is 66.7 Å². The molecule has 0 spiro atoms. The minimum Gasteiger partial charge on any atom is -0.488 e. The maximum atomic E-state index is 14.2. The maximum Gasteiger partial charge on any atom is 0.138 e. The van der Waals surface area contributed by atoms with E-state index < -0.39 is 0 Å². The van der Waals surface area contributed by atoms with Crippen molar-refractivity contribution in [1.82, 2.24) is 0 Å². The first kappa shape index (κ1) is 15.8. The number of nitriles is 1. The van der Waals surface area contributed by atoms with Crippen molar-refractivity contribution < 1.29 is 9.13 Å². The van der Waals surface area contributed by atoms with Crippen LogP contribution in [-0.4, -0.2) is 0 Å². The maximum absolute atomic E-state index is 14.2. The van der Waals surface area contributed by atoms with E-state index in [9.17, 15) is 9.65 Å². The van der Waals surface area contributed by atoms with Crippen LogP contribution in [0.3, 0.4) is 0 Å². The predicted molar refractivity (Wildman–Crippen MR) is 92.1 cm³/mol. The first-order valence-electron chi connectivity index (χ1n) is 7.65. The van der Waals surface area contributed by atoms with E-state index in [0.717, 1.165) is 11.1 Å². The first-order valence-corrected chi connectivity index (χ1v) is 7.65. The zero-order valence-corrected chi connectivity index (χ0v) is 13.3. The Hall–Kier alpha value is -3.12. The molecule has 0 N–H and O–H groups in total. The highest BCUT2D eigenvalue weighted by Gasteiger charge is 2.10. The van der Waals surface area contributed by atoms with Crippen LogP contribution < -0.4 is 4.74 Å². The van der Waals surface area contributed by atoms with Gasteiger partial charge < -0.3 is 4.74 Å². The Kier molecular flexibility index (Phi) is 4.58. The van der Waals surface area contributed by atoms with E-state index in [2.05, 4.69) is 6.07 Å². The molecule has 0 atom stereocenters. The topological polar surface area (TPSA) is 33.0 Å². The Morgan fingerprint density at radius 1 is 1.00 bits per heavy atom. The quantitative estimate of drug-likeness (QED) is 0.658. The smallest absolute Gasteiger partial charge is 0.138 e. The summed E-state index contributed by atoms with van der Waals surface area (Å²) in [6.07, 6.45) is 0. The molecule has 0 aliphatic heterocycles. The van der Waals surface area contributed by atoms with Gasteiger partial charge in [0.1, 0.15) is 24.2 Å². The minimum absolute atomic E-state index is 0.284. The number of ether oxygens (including phenoxy) is 1. The van der Waals surface area contributed by atoms with E-state index in [0.29, 0.717) is 29.0 Å². The Morgan fingerprint density at radius 2 is 1.79 bits per heavy atom. The van der Waals surface area contributed by atoms with Gasteiger partial charge >= 0.3 is 0 Å². The molecule has 0 aromatic heterocycles. The largest absolute Gasteiger partial charge is 0.488 e. The van der Waals surface area contributed by atoms with Gasteiger partial charge in [0.25, 0.3) is 0 Å². The van der Waals surface area contributed by atoms with Crippen molar-refractivity contribution in [3.05, 3.63) is 89.2 Å². The molecule has 0 aliphatic rings. The van der Waals surface area contributed by atoms with Crippen LogP contribution in [0, 0.1) is 24.1 Å². The number of benzene rings is 3. The third-order valence-corrected chi connectivity index (χ3v) is 3.77. The van der Waals surface area contributed by atoms with Crippen LogP contribution in [-0.2, 0) is 6.61 Å². The second-order valence-electron chi connectivity index (χ2n) is 5.58. The lowest BCUT2D eigenvalue weighted by Gasteiger charge is -2.11. The molecule has 3 heteroatoms. The summed E-state index contributed by atoms with van der Waals surface area (Å²) in [4.78, 5) is 0. The second-order valence-corrected chi connectivity index (χ2v) is 5.58. The highest BCUT2D eigenvalue weighted by atomic mass is 19.1. The minimum atomic E-state index is -0.284. The molecular weight excluding hydrogens is 301 g/mol. The zero-order chi connectivity index (χ0) is 16.9. The summed E-state index contributed by atoms with van der Waals surface area (Å²) < 4.78 is 20.0. The molecular formula is C21H16FNO. The van der Waals surface area contributed by atoms with Gasteiger partial charge in [-0.05, 0) is 41.8 Å². The van der Waals surface area contributed by atoms with E-state index >= 15 is 0 Å². The molecule has 0 aliphatic carbocycles. The lowest BCUT2D eigenvalue weighted by atomic mass is 10.0. The third kappa shape index (κ3) is 3.44. The number of hydrogen-bond donors (Lipinski definition) is 0. The van der Waals surface area contributed by atoms with Gasteiger partial charge in [-0.25, -0.2) is 4.39 Å². The fraction of sp³-hybridized carbons (Fsp3) is 0.0952.